The first kappa shape index (κ1) is 12.7. The Bertz CT molecular complexity index is 730. The predicted molar refractivity (Wildman–Crippen MR) is 72.5 cm³/mol. The fourth-order valence-corrected chi connectivity index (χ4v) is 2.07. The summed E-state index contributed by atoms with van der Waals surface area (Å²) < 4.78 is 16.0. The van der Waals surface area contributed by atoms with Crippen LogP contribution in [0.1, 0.15) is 30.2 Å². The zero-order valence-corrected chi connectivity index (χ0v) is 11.3. The average Bonchev–Trinajstić information content (AvgIpc) is 3.06. The summed E-state index contributed by atoms with van der Waals surface area (Å²) in [6.45, 7) is 1.81. The number of para-hydroxylation sites is 1. The van der Waals surface area contributed by atoms with E-state index in [1.54, 1.807) is 13.4 Å². The first-order chi connectivity index (χ1) is 9.69. The van der Waals surface area contributed by atoms with Crippen LogP contribution in [0.2, 0.25) is 0 Å². The van der Waals surface area contributed by atoms with E-state index in [9.17, 15) is 0 Å². The second kappa shape index (κ2) is 4.97. The third-order valence-electron chi connectivity index (χ3n) is 3.10. The average molecular weight is 273 g/mol. The molecule has 0 bridgehead atoms. The van der Waals surface area contributed by atoms with Gasteiger partial charge in [0.2, 0.25) is 5.89 Å². The van der Waals surface area contributed by atoms with Gasteiger partial charge in [-0.05, 0) is 13.0 Å². The fourth-order valence-electron chi connectivity index (χ4n) is 2.07. The Hall–Kier alpha value is -2.34. The van der Waals surface area contributed by atoms with Crippen LogP contribution < -0.4 is 10.5 Å². The van der Waals surface area contributed by atoms with E-state index >= 15 is 0 Å². The van der Waals surface area contributed by atoms with Crippen molar-refractivity contribution in [2.24, 2.45) is 5.73 Å². The molecule has 2 aromatic heterocycles. The zero-order chi connectivity index (χ0) is 14.1. The predicted octanol–water partition coefficient (Wildman–Crippen LogP) is 2.43. The Morgan fingerprint density at radius 2 is 2.25 bits per heavy atom. The van der Waals surface area contributed by atoms with Crippen molar-refractivity contribution in [1.29, 1.82) is 0 Å². The maximum Gasteiger partial charge on any atom is 0.231 e. The highest BCUT2D eigenvalue weighted by atomic mass is 16.5. The van der Waals surface area contributed by atoms with Gasteiger partial charge >= 0.3 is 0 Å². The van der Waals surface area contributed by atoms with Crippen LogP contribution in [0.15, 0.2) is 33.4 Å². The minimum Gasteiger partial charge on any atom is -0.493 e. The summed E-state index contributed by atoms with van der Waals surface area (Å²) in [5, 5.41) is 4.82. The van der Waals surface area contributed by atoms with Crippen LogP contribution in [-0.4, -0.2) is 17.3 Å². The van der Waals surface area contributed by atoms with Crippen molar-refractivity contribution in [2.75, 3.05) is 7.11 Å². The van der Waals surface area contributed by atoms with Crippen LogP contribution in [0.4, 0.5) is 0 Å². The second-order valence-electron chi connectivity index (χ2n) is 4.61. The summed E-state index contributed by atoms with van der Waals surface area (Å²) >= 11 is 0. The second-order valence-corrected chi connectivity index (χ2v) is 4.61. The van der Waals surface area contributed by atoms with E-state index in [1.807, 2.05) is 25.1 Å². The van der Waals surface area contributed by atoms with Gasteiger partial charge in [0.15, 0.2) is 17.2 Å². The van der Waals surface area contributed by atoms with Crippen molar-refractivity contribution in [2.45, 2.75) is 19.4 Å². The van der Waals surface area contributed by atoms with Crippen LogP contribution in [-0.2, 0) is 6.42 Å². The van der Waals surface area contributed by atoms with E-state index in [1.165, 1.54) is 0 Å². The van der Waals surface area contributed by atoms with Gasteiger partial charge in [0.25, 0.3) is 0 Å². The number of nitrogens with two attached hydrogens (primary N) is 1. The van der Waals surface area contributed by atoms with Crippen molar-refractivity contribution >= 4 is 11.0 Å². The number of methoxy groups -OCH3 is 1. The molecule has 104 valence electrons. The first-order valence-electron chi connectivity index (χ1n) is 6.30. The van der Waals surface area contributed by atoms with Gasteiger partial charge in [0.05, 0.1) is 25.8 Å². The number of rotatable bonds is 4. The number of hydrogen-bond donors (Lipinski definition) is 1. The third kappa shape index (κ3) is 2.14. The molecule has 1 aromatic carbocycles. The topological polar surface area (TPSA) is 87.3 Å². The third-order valence-corrected chi connectivity index (χ3v) is 3.10. The Balaban J connectivity index is 1.94. The lowest BCUT2D eigenvalue weighted by molar-refractivity contribution is 0.376. The molecular formula is C14H15N3O3. The maximum atomic E-state index is 5.71. The highest BCUT2D eigenvalue weighted by Crippen LogP contribution is 2.30. The Labute approximate surface area is 115 Å². The molecule has 1 atom stereocenters. The molecule has 0 saturated heterocycles. The number of hydrogen-bond acceptors (Lipinski definition) is 6. The molecule has 0 radical (unpaired) electrons. The fraction of sp³-hybridized carbons (Fsp3) is 0.286. The summed E-state index contributed by atoms with van der Waals surface area (Å²) in [6.07, 6.45) is 2.18. The van der Waals surface area contributed by atoms with Gasteiger partial charge in [-0.15, -0.1) is 0 Å². The number of ether oxygens (including phenoxy) is 1. The monoisotopic (exact) mass is 273 g/mol. The van der Waals surface area contributed by atoms with Crippen LogP contribution in [0.3, 0.4) is 0 Å². The normalized spacial score (nSPS) is 12.8. The maximum absolute atomic E-state index is 5.71. The minimum absolute atomic E-state index is 0.242. The molecule has 20 heavy (non-hydrogen) atoms. The standard InChI is InChI=1S/C14H15N3O3/c1-8(15)14-16-12(20-17-14)6-9-7-19-13-10(9)4-3-5-11(13)18-2/h3-5,7-8H,6,15H2,1-2H3. The van der Waals surface area contributed by atoms with Crippen LogP contribution in [0.25, 0.3) is 11.0 Å². The number of nitrogens with zero attached hydrogens (tertiary/aromatic N) is 2. The summed E-state index contributed by atoms with van der Waals surface area (Å²) in [5.74, 6) is 1.73. The molecule has 2 heterocycles. The van der Waals surface area contributed by atoms with Gasteiger partial charge in [0.1, 0.15) is 0 Å². The summed E-state index contributed by atoms with van der Waals surface area (Å²) in [4.78, 5) is 4.26. The molecule has 0 aliphatic heterocycles. The van der Waals surface area contributed by atoms with Crippen LogP contribution in [0, 0.1) is 0 Å². The number of fused-ring (bicyclic) bond motifs is 1. The van der Waals surface area contributed by atoms with E-state index in [0.717, 1.165) is 16.5 Å². The Morgan fingerprint density at radius 3 is 2.95 bits per heavy atom. The lowest BCUT2D eigenvalue weighted by atomic mass is 10.1. The lowest BCUT2D eigenvalue weighted by Gasteiger charge is -1.99. The van der Waals surface area contributed by atoms with Crippen molar-refractivity contribution in [3.05, 3.63) is 41.7 Å². The lowest BCUT2D eigenvalue weighted by Crippen LogP contribution is -2.06. The van der Waals surface area contributed by atoms with Gasteiger partial charge in [-0.2, -0.15) is 4.98 Å². The SMILES string of the molecule is COc1cccc2c(Cc3nc(C(C)N)no3)coc12. The molecule has 0 fully saturated rings. The smallest absolute Gasteiger partial charge is 0.231 e. The molecular weight excluding hydrogens is 258 g/mol. The number of furan rings is 1. The van der Waals surface area contributed by atoms with Gasteiger partial charge < -0.3 is 19.4 Å². The molecule has 0 amide bonds. The highest BCUT2D eigenvalue weighted by molar-refractivity contribution is 5.86. The number of aromatic nitrogens is 2. The minimum atomic E-state index is -0.242. The number of benzene rings is 1. The molecule has 3 rings (SSSR count). The molecule has 6 heteroatoms. The zero-order valence-electron chi connectivity index (χ0n) is 11.3. The quantitative estimate of drug-likeness (QED) is 0.785. The summed E-state index contributed by atoms with van der Waals surface area (Å²) in [7, 11) is 1.61. The van der Waals surface area contributed by atoms with E-state index in [2.05, 4.69) is 10.1 Å². The van der Waals surface area contributed by atoms with Crippen molar-refractivity contribution < 1.29 is 13.7 Å². The van der Waals surface area contributed by atoms with Crippen molar-refractivity contribution in [3.8, 4) is 5.75 Å². The van der Waals surface area contributed by atoms with E-state index in [0.29, 0.717) is 23.9 Å². The first-order valence-corrected chi connectivity index (χ1v) is 6.30. The molecule has 6 nitrogen and oxygen atoms in total. The van der Waals surface area contributed by atoms with E-state index < -0.39 is 0 Å². The highest BCUT2D eigenvalue weighted by Gasteiger charge is 2.15. The van der Waals surface area contributed by atoms with Gasteiger partial charge in [-0.25, -0.2) is 0 Å². The molecule has 0 aliphatic carbocycles. The van der Waals surface area contributed by atoms with Crippen molar-refractivity contribution in [1.82, 2.24) is 10.1 Å². The Morgan fingerprint density at radius 1 is 1.40 bits per heavy atom. The molecule has 0 aliphatic rings. The van der Waals surface area contributed by atoms with Gasteiger partial charge in [0, 0.05) is 10.9 Å². The molecule has 0 spiro atoms. The molecule has 0 saturated carbocycles. The van der Waals surface area contributed by atoms with E-state index in [-0.39, 0.29) is 6.04 Å². The van der Waals surface area contributed by atoms with Crippen LogP contribution >= 0.6 is 0 Å². The van der Waals surface area contributed by atoms with Gasteiger partial charge in [-0.1, -0.05) is 17.3 Å². The summed E-state index contributed by atoms with van der Waals surface area (Å²) in [6, 6.07) is 5.51. The Kier molecular flexibility index (Phi) is 3.15. The van der Waals surface area contributed by atoms with Crippen molar-refractivity contribution in [3.63, 3.8) is 0 Å². The molecule has 3 aromatic rings. The van der Waals surface area contributed by atoms with Crippen LogP contribution in [0.5, 0.6) is 5.75 Å². The molecule has 1 unspecified atom stereocenters. The van der Waals surface area contributed by atoms with E-state index in [4.69, 9.17) is 19.4 Å². The largest absolute Gasteiger partial charge is 0.493 e. The summed E-state index contributed by atoms with van der Waals surface area (Å²) in [5.41, 5.74) is 7.40. The van der Waals surface area contributed by atoms with Gasteiger partial charge in [-0.3, -0.25) is 0 Å². The molecule has 2 N–H and O–H groups in total.